The van der Waals surface area contributed by atoms with Crippen molar-refractivity contribution in [3.63, 3.8) is 0 Å². The third kappa shape index (κ3) is 3.94. The molecule has 2 N–H and O–H groups in total. The van der Waals surface area contributed by atoms with Crippen molar-refractivity contribution < 1.29 is 9.59 Å². The molecule has 120 valence electrons. The molecule has 0 spiro atoms. The highest BCUT2D eigenvalue weighted by atomic mass is 35.5. The summed E-state index contributed by atoms with van der Waals surface area (Å²) in [6.07, 6.45) is 0.352. The Morgan fingerprint density at radius 1 is 1.36 bits per heavy atom. The van der Waals surface area contributed by atoms with Gasteiger partial charge in [0.25, 0.3) is 0 Å². The van der Waals surface area contributed by atoms with Crippen LogP contribution in [-0.4, -0.2) is 43.7 Å². The van der Waals surface area contributed by atoms with E-state index in [1.165, 1.54) is 0 Å². The Labute approximate surface area is 140 Å². The molecule has 1 saturated heterocycles. The van der Waals surface area contributed by atoms with Gasteiger partial charge in [0, 0.05) is 43.4 Å². The van der Waals surface area contributed by atoms with Crippen LogP contribution in [0.15, 0.2) is 29.2 Å². The predicted octanol–water partition coefficient (Wildman–Crippen LogP) is 1.27. The SMILES string of the molecule is Cl.O=C(CCN1C(=O)CSc2ccccc21)NCC1CNC1. The Kier molecular flexibility index (Phi) is 6.11. The molecule has 0 radical (unpaired) electrons. The minimum atomic E-state index is 0. The number of nitrogens with zero attached hydrogens (tertiary/aromatic N) is 1. The van der Waals surface area contributed by atoms with Gasteiger partial charge in [0.15, 0.2) is 0 Å². The van der Waals surface area contributed by atoms with Gasteiger partial charge in [-0.05, 0) is 12.1 Å². The quantitative estimate of drug-likeness (QED) is 0.846. The number of hydrogen-bond acceptors (Lipinski definition) is 4. The van der Waals surface area contributed by atoms with E-state index in [0.717, 1.165) is 30.2 Å². The van der Waals surface area contributed by atoms with Crippen LogP contribution in [0, 0.1) is 5.92 Å². The van der Waals surface area contributed by atoms with Crippen LogP contribution in [-0.2, 0) is 9.59 Å². The summed E-state index contributed by atoms with van der Waals surface area (Å²) >= 11 is 1.56. The molecule has 1 aromatic carbocycles. The zero-order valence-corrected chi connectivity index (χ0v) is 13.8. The molecule has 5 nitrogen and oxygen atoms in total. The van der Waals surface area contributed by atoms with Gasteiger partial charge in [-0.2, -0.15) is 0 Å². The van der Waals surface area contributed by atoms with Crippen molar-refractivity contribution in [3.05, 3.63) is 24.3 Å². The number of halogens is 1. The highest BCUT2D eigenvalue weighted by Crippen LogP contribution is 2.34. The largest absolute Gasteiger partial charge is 0.356 e. The monoisotopic (exact) mass is 341 g/mol. The van der Waals surface area contributed by atoms with E-state index in [1.54, 1.807) is 16.7 Å². The molecule has 0 bridgehead atoms. The number of hydrogen-bond donors (Lipinski definition) is 2. The minimum absolute atomic E-state index is 0. The molecule has 22 heavy (non-hydrogen) atoms. The molecule has 0 unspecified atom stereocenters. The average Bonchev–Trinajstić information content (AvgIpc) is 2.44. The molecular formula is C15H20ClN3O2S. The molecule has 0 aliphatic carbocycles. The van der Waals surface area contributed by atoms with Crippen molar-refractivity contribution in [3.8, 4) is 0 Å². The smallest absolute Gasteiger partial charge is 0.237 e. The first kappa shape index (κ1) is 17.1. The molecule has 2 amide bonds. The molecular weight excluding hydrogens is 322 g/mol. The molecule has 0 atom stereocenters. The van der Waals surface area contributed by atoms with Gasteiger partial charge < -0.3 is 15.5 Å². The van der Waals surface area contributed by atoms with E-state index in [1.807, 2.05) is 24.3 Å². The first-order valence-corrected chi connectivity index (χ1v) is 8.22. The van der Waals surface area contributed by atoms with Crippen LogP contribution in [0.3, 0.4) is 0 Å². The number of rotatable bonds is 5. The van der Waals surface area contributed by atoms with Crippen molar-refractivity contribution in [2.24, 2.45) is 5.92 Å². The Balaban J connectivity index is 0.00000176. The lowest BCUT2D eigenvalue weighted by molar-refractivity contribution is -0.121. The van der Waals surface area contributed by atoms with E-state index < -0.39 is 0 Å². The predicted molar refractivity (Wildman–Crippen MR) is 90.8 cm³/mol. The standard InChI is InChI=1S/C15H19N3O2S.ClH/c19-14(17-9-11-7-16-8-11)5-6-18-12-3-1-2-4-13(12)21-10-15(18)20;/h1-4,11,16H,5-10H2,(H,17,19);1H. The number of amides is 2. The van der Waals surface area contributed by atoms with E-state index in [-0.39, 0.29) is 24.2 Å². The van der Waals surface area contributed by atoms with E-state index in [0.29, 0.717) is 24.6 Å². The van der Waals surface area contributed by atoms with E-state index in [9.17, 15) is 9.59 Å². The highest BCUT2D eigenvalue weighted by Gasteiger charge is 2.24. The van der Waals surface area contributed by atoms with Crippen molar-refractivity contribution in [1.29, 1.82) is 0 Å². The maximum atomic E-state index is 12.1. The Morgan fingerprint density at radius 3 is 2.86 bits per heavy atom. The summed E-state index contributed by atoms with van der Waals surface area (Å²) in [5, 5.41) is 6.12. The molecule has 0 saturated carbocycles. The van der Waals surface area contributed by atoms with Gasteiger partial charge in [0.1, 0.15) is 0 Å². The minimum Gasteiger partial charge on any atom is -0.356 e. The molecule has 1 fully saturated rings. The normalized spacial score (nSPS) is 17.3. The van der Waals surface area contributed by atoms with Crippen LogP contribution >= 0.6 is 24.2 Å². The number of nitrogens with one attached hydrogen (secondary N) is 2. The zero-order chi connectivity index (χ0) is 14.7. The number of carbonyl (C=O) groups is 2. The first-order valence-electron chi connectivity index (χ1n) is 7.23. The van der Waals surface area contributed by atoms with E-state index in [2.05, 4.69) is 10.6 Å². The molecule has 7 heteroatoms. The summed E-state index contributed by atoms with van der Waals surface area (Å²) in [6.45, 7) is 3.14. The number of anilines is 1. The van der Waals surface area contributed by atoms with Gasteiger partial charge in [-0.25, -0.2) is 0 Å². The van der Waals surface area contributed by atoms with Crippen LogP contribution in [0.2, 0.25) is 0 Å². The fourth-order valence-electron chi connectivity index (χ4n) is 2.45. The number of benzene rings is 1. The summed E-state index contributed by atoms with van der Waals surface area (Å²) < 4.78 is 0. The van der Waals surface area contributed by atoms with Crippen LogP contribution in [0.5, 0.6) is 0 Å². The van der Waals surface area contributed by atoms with Crippen LogP contribution in [0.1, 0.15) is 6.42 Å². The van der Waals surface area contributed by atoms with Gasteiger partial charge in [-0.3, -0.25) is 9.59 Å². The Morgan fingerprint density at radius 2 is 2.14 bits per heavy atom. The topological polar surface area (TPSA) is 61.4 Å². The summed E-state index contributed by atoms with van der Waals surface area (Å²) in [5.74, 6) is 1.11. The number of thioether (sulfide) groups is 1. The maximum Gasteiger partial charge on any atom is 0.237 e. The molecule has 2 heterocycles. The third-order valence-corrected chi connectivity index (χ3v) is 4.87. The molecule has 2 aliphatic heterocycles. The lowest BCUT2D eigenvalue weighted by Gasteiger charge is -2.29. The Bertz CT molecular complexity index is 551. The van der Waals surface area contributed by atoms with Crippen molar-refractivity contribution in [1.82, 2.24) is 10.6 Å². The summed E-state index contributed by atoms with van der Waals surface area (Å²) in [4.78, 5) is 26.8. The van der Waals surface area contributed by atoms with Crippen LogP contribution in [0.25, 0.3) is 0 Å². The van der Waals surface area contributed by atoms with Gasteiger partial charge in [-0.1, -0.05) is 12.1 Å². The summed E-state index contributed by atoms with van der Waals surface area (Å²) in [7, 11) is 0. The number of carbonyl (C=O) groups excluding carboxylic acids is 2. The Hall–Kier alpha value is -1.24. The molecule has 0 aromatic heterocycles. The first-order chi connectivity index (χ1) is 10.2. The molecule has 1 aromatic rings. The summed E-state index contributed by atoms with van der Waals surface area (Å²) in [5.41, 5.74) is 0.926. The highest BCUT2D eigenvalue weighted by molar-refractivity contribution is 8.00. The maximum absolute atomic E-state index is 12.1. The number of para-hydroxylation sites is 1. The van der Waals surface area contributed by atoms with Crippen molar-refractivity contribution in [2.45, 2.75) is 11.3 Å². The van der Waals surface area contributed by atoms with Gasteiger partial charge in [-0.15, -0.1) is 24.2 Å². The van der Waals surface area contributed by atoms with Gasteiger partial charge in [0.05, 0.1) is 11.4 Å². The fraction of sp³-hybridized carbons (Fsp3) is 0.467. The summed E-state index contributed by atoms with van der Waals surface area (Å²) in [6, 6.07) is 7.86. The second kappa shape index (κ2) is 7.85. The third-order valence-electron chi connectivity index (χ3n) is 3.82. The lowest BCUT2D eigenvalue weighted by Crippen LogP contribution is -2.48. The van der Waals surface area contributed by atoms with Crippen LogP contribution in [0.4, 0.5) is 5.69 Å². The van der Waals surface area contributed by atoms with Crippen LogP contribution < -0.4 is 15.5 Å². The fourth-order valence-corrected chi connectivity index (χ4v) is 3.39. The second-order valence-corrected chi connectivity index (χ2v) is 6.40. The lowest BCUT2D eigenvalue weighted by atomic mass is 10.0. The average molecular weight is 342 g/mol. The van der Waals surface area contributed by atoms with E-state index in [4.69, 9.17) is 0 Å². The van der Waals surface area contributed by atoms with E-state index >= 15 is 0 Å². The number of fused-ring (bicyclic) bond motifs is 1. The zero-order valence-electron chi connectivity index (χ0n) is 12.2. The molecule has 3 rings (SSSR count). The van der Waals surface area contributed by atoms with Crippen molar-refractivity contribution >= 4 is 41.7 Å². The second-order valence-electron chi connectivity index (χ2n) is 5.38. The molecule has 2 aliphatic rings. The van der Waals surface area contributed by atoms with Gasteiger partial charge >= 0.3 is 0 Å². The van der Waals surface area contributed by atoms with Gasteiger partial charge in [0.2, 0.25) is 11.8 Å². The van der Waals surface area contributed by atoms with Crippen molar-refractivity contribution in [2.75, 3.05) is 36.8 Å².